The van der Waals surface area contributed by atoms with Crippen LogP contribution in [0.15, 0.2) is 36.5 Å². The molecule has 1 aromatic carbocycles. The summed E-state index contributed by atoms with van der Waals surface area (Å²) in [6.45, 7) is 4.63. The average Bonchev–Trinajstić information content (AvgIpc) is 2.79. The van der Waals surface area contributed by atoms with E-state index in [9.17, 15) is 0 Å². The molecule has 102 valence electrons. The summed E-state index contributed by atoms with van der Waals surface area (Å²) < 4.78 is 1.97. The summed E-state index contributed by atoms with van der Waals surface area (Å²) in [4.78, 5) is 4.69. The van der Waals surface area contributed by atoms with Gasteiger partial charge >= 0.3 is 0 Å². The minimum atomic E-state index is 0.420. The van der Waals surface area contributed by atoms with E-state index in [1.807, 2.05) is 22.7 Å². The Morgan fingerprint density at radius 2 is 1.95 bits per heavy atom. The highest BCUT2D eigenvalue weighted by molar-refractivity contribution is 6.30. The van der Waals surface area contributed by atoms with Crippen molar-refractivity contribution in [2.24, 2.45) is 5.73 Å². The third-order valence-electron chi connectivity index (χ3n) is 3.66. The fraction of sp³-hybridized carbons (Fsp3) is 0.188. The molecule has 0 aliphatic rings. The van der Waals surface area contributed by atoms with E-state index in [2.05, 4.69) is 37.0 Å². The van der Waals surface area contributed by atoms with Crippen molar-refractivity contribution in [1.29, 1.82) is 0 Å². The lowest BCUT2D eigenvalue weighted by Gasteiger charge is -2.05. The Balaban J connectivity index is 2.27. The lowest BCUT2D eigenvalue weighted by Crippen LogP contribution is -2.02. The average molecular weight is 286 g/mol. The molecule has 0 aliphatic heterocycles. The van der Waals surface area contributed by atoms with Crippen LogP contribution in [-0.2, 0) is 6.54 Å². The summed E-state index contributed by atoms with van der Waals surface area (Å²) in [6, 6.07) is 10.1. The Bertz CT molecular complexity index is 790. The largest absolute Gasteiger partial charge is 0.325 e. The molecule has 0 radical (unpaired) electrons. The van der Waals surface area contributed by atoms with Crippen molar-refractivity contribution in [3.8, 4) is 11.3 Å². The molecular formula is C16H16ClN3. The van der Waals surface area contributed by atoms with Gasteiger partial charge in [0.15, 0.2) is 0 Å². The molecule has 0 unspecified atom stereocenters. The van der Waals surface area contributed by atoms with E-state index in [1.165, 1.54) is 11.1 Å². The van der Waals surface area contributed by atoms with E-state index in [-0.39, 0.29) is 0 Å². The normalized spacial score (nSPS) is 11.2. The van der Waals surface area contributed by atoms with Gasteiger partial charge in [-0.1, -0.05) is 23.7 Å². The fourth-order valence-electron chi connectivity index (χ4n) is 2.38. The molecule has 2 aromatic heterocycles. The minimum absolute atomic E-state index is 0.420. The zero-order valence-corrected chi connectivity index (χ0v) is 12.3. The summed E-state index contributed by atoms with van der Waals surface area (Å²) in [5, 5.41) is 0.677. The van der Waals surface area contributed by atoms with Crippen molar-refractivity contribution in [2.75, 3.05) is 0 Å². The topological polar surface area (TPSA) is 43.3 Å². The van der Waals surface area contributed by atoms with E-state index in [4.69, 9.17) is 17.3 Å². The molecule has 0 atom stereocenters. The second-order valence-corrected chi connectivity index (χ2v) is 5.42. The lowest BCUT2D eigenvalue weighted by molar-refractivity contribution is 0.962. The van der Waals surface area contributed by atoms with Gasteiger partial charge in [-0.3, -0.25) is 0 Å². The van der Waals surface area contributed by atoms with Gasteiger partial charge in [0.2, 0.25) is 0 Å². The van der Waals surface area contributed by atoms with Crippen LogP contribution in [0.4, 0.5) is 0 Å². The van der Waals surface area contributed by atoms with Crippen molar-refractivity contribution in [3.05, 3.63) is 58.4 Å². The van der Waals surface area contributed by atoms with E-state index < -0.39 is 0 Å². The van der Waals surface area contributed by atoms with Crippen LogP contribution in [-0.4, -0.2) is 9.38 Å². The van der Waals surface area contributed by atoms with E-state index >= 15 is 0 Å². The number of hydrogen-bond acceptors (Lipinski definition) is 2. The first kappa shape index (κ1) is 13.2. The predicted octanol–water partition coefficient (Wildman–Crippen LogP) is 3.73. The van der Waals surface area contributed by atoms with Crippen molar-refractivity contribution in [3.63, 3.8) is 0 Å². The molecule has 3 rings (SSSR count). The highest BCUT2D eigenvalue weighted by Crippen LogP contribution is 2.27. The molecule has 2 N–H and O–H groups in total. The molecule has 4 heteroatoms. The number of rotatable bonds is 2. The SMILES string of the molecule is Cc1ccc(-c2nc3ccc(Cl)cn3c2CN)cc1C. The van der Waals surface area contributed by atoms with Crippen LogP contribution in [0.5, 0.6) is 0 Å². The van der Waals surface area contributed by atoms with Gasteiger partial charge in [-0.2, -0.15) is 0 Å². The van der Waals surface area contributed by atoms with Crippen LogP contribution in [0.3, 0.4) is 0 Å². The van der Waals surface area contributed by atoms with E-state index in [0.29, 0.717) is 11.6 Å². The Kier molecular flexibility index (Phi) is 3.24. The maximum atomic E-state index is 6.06. The molecular weight excluding hydrogens is 270 g/mol. The molecule has 3 aromatic rings. The van der Waals surface area contributed by atoms with Gasteiger partial charge < -0.3 is 10.1 Å². The van der Waals surface area contributed by atoms with Gasteiger partial charge in [0.05, 0.1) is 16.4 Å². The standard InChI is InChI=1S/C16H16ClN3/c1-10-3-4-12(7-11(10)2)16-14(8-18)20-9-13(17)5-6-15(20)19-16/h3-7,9H,8,18H2,1-2H3. The number of nitrogens with two attached hydrogens (primary N) is 1. The zero-order valence-electron chi connectivity index (χ0n) is 11.5. The number of hydrogen-bond donors (Lipinski definition) is 1. The van der Waals surface area contributed by atoms with Crippen LogP contribution in [0.25, 0.3) is 16.9 Å². The van der Waals surface area contributed by atoms with Crippen LogP contribution in [0, 0.1) is 13.8 Å². The second kappa shape index (κ2) is 4.93. The first-order chi connectivity index (χ1) is 9.60. The molecule has 2 heterocycles. The quantitative estimate of drug-likeness (QED) is 0.779. The minimum Gasteiger partial charge on any atom is -0.325 e. The summed E-state index contributed by atoms with van der Waals surface area (Å²) in [5.41, 5.74) is 12.3. The Morgan fingerprint density at radius 1 is 1.15 bits per heavy atom. The number of aromatic nitrogens is 2. The summed E-state index contributed by atoms with van der Waals surface area (Å²) in [5.74, 6) is 0. The smallest absolute Gasteiger partial charge is 0.137 e. The Morgan fingerprint density at radius 3 is 2.65 bits per heavy atom. The predicted molar refractivity (Wildman–Crippen MR) is 83.0 cm³/mol. The summed E-state index contributed by atoms with van der Waals surface area (Å²) >= 11 is 6.06. The van der Waals surface area contributed by atoms with Gasteiger partial charge in [0.25, 0.3) is 0 Å². The molecule has 0 saturated carbocycles. The number of pyridine rings is 1. The lowest BCUT2D eigenvalue weighted by atomic mass is 10.0. The number of imidazole rings is 1. The van der Waals surface area contributed by atoms with E-state index in [1.54, 1.807) is 0 Å². The molecule has 0 bridgehead atoms. The molecule has 0 spiro atoms. The third-order valence-corrected chi connectivity index (χ3v) is 3.88. The molecule has 0 fully saturated rings. The Labute approximate surface area is 123 Å². The number of benzene rings is 1. The number of nitrogens with zero attached hydrogens (tertiary/aromatic N) is 2. The van der Waals surface area contributed by atoms with Gasteiger partial charge in [-0.25, -0.2) is 4.98 Å². The first-order valence-electron chi connectivity index (χ1n) is 6.54. The van der Waals surface area contributed by atoms with Crippen LogP contribution < -0.4 is 5.73 Å². The monoisotopic (exact) mass is 285 g/mol. The van der Waals surface area contributed by atoms with Gasteiger partial charge in [0.1, 0.15) is 5.65 Å². The van der Waals surface area contributed by atoms with Gasteiger partial charge in [-0.05, 0) is 43.2 Å². The second-order valence-electron chi connectivity index (χ2n) is 4.99. The van der Waals surface area contributed by atoms with Crippen LogP contribution >= 0.6 is 11.6 Å². The first-order valence-corrected chi connectivity index (χ1v) is 6.92. The number of aryl methyl sites for hydroxylation is 2. The molecule has 3 nitrogen and oxygen atoms in total. The fourth-order valence-corrected chi connectivity index (χ4v) is 2.54. The molecule has 0 saturated heterocycles. The summed E-state index contributed by atoms with van der Waals surface area (Å²) in [6.07, 6.45) is 1.86. The maximum Gasteiger partial charge on any atom is 0.137 e. The highest BCUT2D eigenvalue weighted by Gasteiger charge is 2.13. The molecule has 0 amide bonds. The van der Waals surface area contributed by atoms with Crippen molar-refractivity contribution in [2.45, 2.75) is 20.4 Å². The number of fused-ring (bicyclic) bond motifs is 1. The Hall–Kier alpha value is -1.84. The van der Waals surface area contributed by atoms with E-state index in [0.717, 1.165) is 22.6 Å². The van der Waals surface area contributed by atoms with Crippen LogP contribution in [0.1, 0.15) is 16.8 Å². The van der Waals surface area contributed by atoms with Crippen LogP contribution in [0.2, 0.25) is 5.02 Å². The highest BCUT2D eigenvalue weighted by atomic mass is 35.5. The summed E-state index contributed by atoms with van der Waals surface area (Å²) in [7, 11) is 0. The third kappa shape index (κ3) is 2.09. The van der Waals surface area contributed by atoms with Crippen molar-refractivity contribution < 1.29 is 0 Å². The molecule has 0 aliphatic carbocycles. The van der Waals surface area contributed by atoms with Crippen molar-refractivity contribution in [1.82, 2.24) is 9.38 Å². The van der Waals surface area contributed by atoms with Crippen molar-refractivity contribution >= 4 is 17.2 Å². The zero-order chi connectivity index (χ0) is 14.3. The van der Waals surface area contributed by atoms with Gasteiger partial charge in [0, 0.05) is 18.3 Å². The number of halogens is 1. The maximum absolute atomic E-state index is 6.06. The van der Waals surface area contributed by atoms with Gasteiger partial charge in [-0.15, -0.1) is 0 Å². The molecule has 20 heavy (non-hydrogen) atoms.